The molecule has 2 N–H and O–H groups in total. The molecule has 17 heavy (non-hydrogen) atoms. The Bertz CT molecular complexity index is 345. The molecule has 3 unspecified atom stereocenters. The molecule has 96 valence electrons. The van der Waals surface area contributed by atoms with Crippen molar-refractivity contribution < 1.29 is 0 Å². The van der Waals surface area contributed by atoms with Gasteiger partial charge in [0.05, 0.1) is 5.69 Å². The van der Waals surface area contributed by atoms with Gasteiger partial charge in [-0.2, -0.15) is 5.10 Å². The number of nitrogens with zero attached hydrogens (tertiary/aromatic N) is 2. The zero-order chi connectivity index (χ0) is 12.3. The normalized spacial score (nSPS) is 27.0. The summed E-state index contributed by atoms with van der Waals surface area (Å²) >= 11 is 0. The van der Waals surface area contributed by atoms with Gasteiger partial charge in [-0.05, 0) is 30.7 Å². The fourth-order valence-corrected chi connectivity index (χ4v) is 3.07. The molecule has 3 heteroatoms. The van der Waals surface area contributed by atoms with Crippen LogP contribution < -0.4 is 5.73 Å². The largest absolute Gasteiger partial charge is 0.327 e. The van der Waals surface area contributed by atoms with Gasteiger partial charge in [0.2, 0.25) is 0 Å². The van der Waals surface area contributed by atoms with Crippen molar-refractivity contribution in [1.29, 1.82) is 0 Å². The molecule has 1 aliphatic rings. The molecule has 1 aromatic rings. The van der Waals surface area contributed by atoms with Crippen molar-refractivity contribution in [1.82, 2.24) is 9.78 Å². The molecule has 2 rings (SSSR count). The second-order valence-corrected chi connectivity index (χ2v) is 5.55. The summed E-state index contributed by atoms with van der Waals surface area (Å²) in [5.74, 6) is 1.61. The number of aryl methyl sites for hydroxylation is 1. The fraction of sp³-hybridized carbons (Fsp3) is 0.786. The van der Waals surface area contributed by atoms with E-state index in [2.05, 4.69) is 18.1 Å². The predicted molar refractivity (Wildman–Crippen MR) is 70.6 cm³/mol. The summed E-state index contributed by atoms with van der Waals surface area (Å²) < 4.78 is 1.86. The molecule has 3 nitrogen and oxygen atoms in total. The van der Waals surface area contributed by atoms with Crippen LogP contribution in [0.5, 0.6) is 0 Å². The highest BCUT2D eigenvalue weighted by Gasteiger charge is 2.25. The minimum atomic E-state index is 0.291. The van der Waals surface area contributed by atoms with Gasteiger partial charge >= 0.3 is 0 Å². The zero-order valence-electron chi connectivity index (χ0n) is 11.1. The Morgan fingerprint density at radius 1 is 1.53 bits per heavy atom. The van der Waals surface area contributed by atoms with E-state index in [0.717, 1.165) is 18.0 Å². The van der Waals surface area contributed by atoms with Crippen LogP contribution in [0.1, 0.15) is 44.7 Å². The van der Waals surface area contributed by atoms with Gasteiger partial charge in [-0.15, -0.1) is 0 Å². The van der Waals surface area contributed by atoms with Crippen molar-refractivity contribution in [2.45, 2.75) is 51.5 Å². The van der Waals surface area contributed by atoms with E-state index in [-0.39, 0.29) is 0 Å². The lowest BCUT2D eigenvalue weighted by Crippen LogP contribution is -2.35. The maximum atomic E-state index is 6.36. The molecule has 0 spiro atoms. The Balaban J connectivity index is 1.88. The van der Waals surface area contributed by atoms with E-state index in [1.807, 2.05) is 17.9 Å². The van der Waals surface area contributed by atoms with Crippen molar-refractivity contribution in [3.8, 4) is 0 Å². The molecule has 0 aliphatic heterocycles. The van der Waals surface area contributed by atoms with Gasteiger partial charge < -0.3 is 5.73 Å². The van der Waals surface area contributed by atoms with Crippen LogP contribution in [0.4, 0.5) is 0 Å². The van der Waals surface area contributed by atoms with Gasteiger partial charge in [-0.25, -0.2) is 0 Å². The summed E-state index contributed by atoms with van der Waals surface area (Å²) in [5.41, 5.74) is 7.49. The maximum absolute atomic E-state index is 6.36. The van der Waals surface area contributed by atoms with Gasteiger partial charge in [0.15, 0.2) is 0 Å². The number of aromatic nitrogens is 2. The van der Waals surface area contributed by atoms with Crippen molar-refractivity contribution >= 4 is 0 Å². The molecule has 3 atom stereocenters. The lowest BCUT2D eigenvalue weighted by Gasteiger charge is -2.32. The molecule has 0 amide bonds. The second kappa shape index (κ2) is 5.67. The predicted octanol–water partition coefficient (Wildman–Crippen LogP) is 2.51. The molecule has 1 saturated carbocycles. The molecule has 1 aromatic heterocycles. The van der Waals surface area contributed by atoms with Crippen molar-refractivity contribution in [3.05, 3.63) is 18.0 Å². The minimum Gasteiger partial charge on any atom is -0.327 e. The van der Waals surface area contributed by atoms with Crippen LogP contribution >= 0.6 is 0 Å². The van der Waals surface area contributed by atoms with Gasteiger partial charge in [-0.1, -0.05) is 26.2 Å². The molecule has 1 aliphatic carbocycles. The Morgan fingerprint density at radius 3 is 3.00 bits per heavy atom. The summed E-state index contributed by atoms with van der Waals surface area (Å²) in [7, 11) is 1.96. The van der Waals surface area contributed by atoms with Crippen molar-refractivity contribution in [2.75, 3.05) is 0 Å². The third-order valence-corrected chi connectivity index (χ3v) is 4.22. The van der Waals surface area contributed by atoms with E-state index in [9.17, 15) is 0 Å². The molecular formula is C14H25N3. The standard InChI is InChI=1S/C14H25N3/c1-3-11-5-4-6-12(9-11)14(15)10-13-7-8-17(2)16-13/h7-8,11-12,14H,3-6,9-10,15H2,1-2H3. The SMILES string of the molecule is CCC1CCCC(C(N)Cc2ccn(C)n2)C1. The first kappa shape index (κ1) is 12.6. The smallest absolute Gasteiger partial charge is 0.0640 e. The maximum Gasteiger partial charge on any atom is 0.0640 e. The van der Waals surface area contributed by atoms with Crippen LogP contribution in [0.25, 0.3) is 0 Å². The first-order valence-corrected chi connectivity index (χ1v) is 6.93. The average Bonchev–Trinajstić information content (AvgIpc) is 2.75. The van der Waals surface area contributed by atoms with Crippen LogP contribution in [-0.4, -0.2) is 15.8 Å². The molecule has 0 radical (unpaired) electrons. The Hall–Kier alpha value is -0.830. The molecule has 1 heterocycles. The lowest BCUT2D eigenvalue weighted by molar-refractivity contribution is 0.228. The quantitative estimate of drug-likeness (QED) is 0.871. The summed E-state index contributed by atoms with van der Waals surface area (Å²) in [6.07, 6.45) is 9.64. The van der Waals surface area contributed by atoms with Crippen molar-refractivity contribution in [3.63, 3.8) is 0 Å². The third-order valence-electron chi connectivity index (χ3n) is 4.22. The average molecular weight is 235 g/mol. The lowest BCUT2D eigenvalue weighted by atomic mass is 9.76. The summed E-state index contributed by atoms with van der Waals surface area (Å²) in [4.78, 5) is 0. The van der Waals surface area contributed by atoms with Crippen LogP contribution in [0.3, 0.4) is 0 Å². The first-order chi connectivity index (χ1) is 8.19. The van der Waals surface area contributed by atoms with E-state index in [1.54, 1.807) is 0 Å². The number of hydrogen-bond donors (Lipinski definition) is 1. The summed E-state index contributed by atoms with van der Waals surface area (Å²) in [5, 5.41) is 4.42. The van der Waals surface area contributed by atoms with Crippen LogP contribution in [-0.2, 0) is 13.5 Å². The van der Waals surface area contributed by atoms with E-state index in [4.69, 9.17) is 5.73 Å². The molecule has 0 aromatic carbocycles. The van der Waals surface area contributed by atoms with E-state index in [0.29, 0.717) is 12.0 Å². The van der Waals surface area contributed by atoms with E-state index < -0.39 is 0 Å². The third kappa shape index (κ3) is 3.32. The number of hydrogen-bond acceptors (Lipinski definition) is 2. The number of nitrogens with two attached hydrogens (primary N) is 1. The first-order valence-electron chi connectivity index (χ1n) is 6.93. The van der Waals surface area contributed by atoms with Crippen LogP contribution in [0, 0.1) is 11.8 Å². The van der Waals surface area contributed by atoms with Gasteiger partial charge in [0, 0.05) is 25.7 Å². The second-order valence-electron chi connectivity index (χ2n) is 5.55. The van der Waals surface area contributed by atoms with E-state index in [1.165, 1.54) is 32.1 Å². The topological polar surface area (TPSA) is 43.8 Å². The van der Waals surface area contributed by atoms with Gasteiger partial charge in [0.1, 0.15) is 0 Å². The fourth-order valence-electron chi connectivity index (χ4n) is 3.07. The zero-order valence-corrected chi connectivity index (χ0v) is 11.1. The van der Waals surface area contributed by atoms with Gasteiger partial charge in [0.25, 0.3) is 0 Å². The molecular weight excluding hydrogens is 210 g/mol. The highest BCUT2D eigenvalue weighted by Crippen LogP contribution is 2.32. The summed E-state index contributed by atoms with van der Waals surface area (Å²) in [6.45, 7) is 2.30. The minimum absolute atomic E-state index is 0.291. The molecule has 1 fully saturated rings. The molecule has 0 saturated heterocycles. The van der Waals surface area contributed by atoms with E-state index >= 15 is 0 Å². The highest BCUT2D eigenvalue weighted by molar-refractivity contribution is 5.02. The monoisotopic (exact) mass is 235 g/mol. The Morgan fingerprint density at radius 2 is 2.35 bits per heavy atom. The summed E-state index contributed by atoms with van der Waals surface area (Å²) in [6, 6.07) is 2.37. The Labute approximate surface area is 104 Å². The number of rotatable bonds is 4. The van der Waals surface area contributed by atoms with Gasteiger partial charge in [-0.3, -0.25) is 4.68 Å². The highest BCUT2D eigenvalue weighted by atomic mass is 15.2. The van der Waals surface area contributed by atoms with Crippen molar-refractivity contribution in [2.24, 2.45) is 24.6 Å². The Kier molecular flexibility index (Phi) is 4.21. The van der Waals surface area contributed by atoms with Crippen LogP contribution in [0.15, 0.2) is 12.3 Å². The van der Waals surface area contributed by atoms with Crippen LogP contribution in [0.2, 0.25) is 0 Å². The molecule has 0 bridgehead atoms.